The number of aliphatic imine (C=N–C) groups is 2. The van der Waals surface area contributed by atoms with Gasteiger partial charge in [-0.3, -0.25) is 16.0 Å². The molecule has 4 N–H and O–H groups in total. The van der Waals surface area contributed by atoms with Gasteiger partial charge in [-0.1, -0.05) is 37.8 Å². The highest BCUT2D eigenvalue weighted by atomic mass is 32.2. The first-order chi connectivity index (χ1) is 32.3. The van der Waals surface area contributed by atoms with Crippen molar-refractivity contribution in [3.63, 3.8) is 0 Å². The number of rotatable bonds is 15. The molecule has 21 heteroatoms. The van der Waals surface area contributed by atoms with Gasteiger partial charge in [-0.05, 0) is 162 Å². The van der Waals surface area contributed by atoms with Crippen LogP contribution in [0.15, 0.2) is 39.1 Å². The molecule has 0 aliphatic carbocycles. The monoisotopic (exact) mass is 1020 g/mol. The number of thioether (sulfide) groups is 1. The van der Waals surface area contributed by atoms with Gasteiger partial charge in [-0.2, -0.15) is 0 Å². The number of nitrogens with zero attached hydrogens (tertiary/aromatic N) is 4. The summed E-state index contributed by atoms with van der Waals surface area (Å²) >= 11 is 1.47. The van der Waals surface area contributed by atoms with E-state index in [2.05, 4.69) is 25.9 Å². The lowest BCUT2D eigenvalue weighted by Gasteiger charge is -2.34. The van der Waals surface area contributed by atoms with Gasteiger partial charge in [0, 0.05) is 30.1 Å². The van der Waals surface area contributed by atoms with E-state index >= 15 is 0 Å². The number of amidine groups is 1. The van der Waals surface area contributed by atoms with Crippen LogP contribution in [0.5, 0.6) is 0 Å². The second-order valence-electron chi connectivity index (χ2n) is 22.5. The summed E-state index contributed by atoms with van der Waals surface area (Å²) in [6, 6.07) is 7.01. The maximum atomic E-state index is 14.1. The van der Waals surface area contributed by atoms with Crippen LogP contribution in [-0.4, -0.2) is 123 Å². The Balaban J connectivity index is 3.29. The molecule has 0 unspecified atom stereocenters. The molecule has 0 atom stereocenters. The molecule has 0 spiro atoms. The minimum Gasteiger partial charge on any atom is -0.444 e. The van der Waals surface area contributed by atoms with Crippen LogP contribution in [-0.2, 0) is 28.4 Å². The molecule has 0 saturated carbocycles. The number of nitrogens with one attached hydrogen (secondary N) is 4. The van der Waals surface area contributed by atoms with Crippen molar-refractivity contribution >= 4 is 66.1 Å². The molecular weight excluding hydrogens is 937 g/mol. The molecule has 71 heavy (non-hydrogen) atoms. The van der Waals surface area contributed by atoms with E-state index in [1.165, 1.54) is 16.7 Å². The number of carbonyl (C=O) groups is 6. The molecule has 1 rings (SSSR count). The van der Waals surface area contributed by atoms with Crippen LogP contribution >= 0.6 is 11.8 Å². The Morgan fingerprint density at radius 2 is 0.901 bits per heavy atom. The number of ether oxygens (including phenoxy) is 6. The van der Waals surface area contributed by atoms with Crippen molar-refractivity contribution in [2.75, 3.05) is 25.4 Å². The Bertz CT molecular complexity index is 2000. The largest absolute Gasteiger partial charge is 0.444 e. The van der Waals surface area contributed by atoms with E-state index in [4.69, 9.17) is 33.8 Å². The van der Waals surface area contributed by atoms with E-state index < -0.39 is 70.2 Å². The molecule has 1 aromatic carbocycles. The minimum atomic E-state index is -1.02. The number of unbranched alkanes of at least 4 members (excludes halogenated alkanes) is 5. The van der Waals surface area contributed by atoms with E-state index in [1.54, 1.807) is 149 Å². The third-order valence-corrected chi connectivity index (χ3v) is 9.27. The van der Waals surface area contributed by atoms with Crippen LogP contribution in [0.4, 0.5) is 28.8 Å². The fraction of sp³-hybridized carbons (Fsp3) is 0.700. The number of hydrogen-bond acceptors (Lipinski definition) is 14. The molecule has 0 saturated heterocycles. The van der Waals surface area contributed by atoms with E-state index in [0.29, 0.717) is 43.5 Å². The third-order valence-electron chi connectivity index (χ3n) is 8.18. The smallest absolute Gasteiger partial charge is 0.437 e. The normalized spacial score (nSPS) is 12.8. The number of alkyl carbamates (subject to hydrolysis) is 2. The molecule has 0 aromatic heterocycles. The summed E-state index contributed by atoms with van der Waals surface area (Å²) in [5.74, 6) is -0.0388. The van der Waals surface area contributed by atoms with Gasteiger partial charge in [-0.15, -0.1) is 21.7 Å². The SMILES string of the molecule is CC(C)(C)OC(=O)/N=C(/NCCCCCCCCN(C(=O)OC(C)(C)C)/C(=N/C(=O)OC(C)(C)C)N(CCCSc1ccc(C(=N)NC(=O)OC(C)(C)C)cc1)C(=O)OC(C)(C)C)NC(=O)OC(C)(C)C. The van der Waals surface area contributed by atoms with Crippen molar-refractivity contribution in [2.24, 2.45) is 9.98 Å². The Hall–Kier alpha value is -5.60. The van der Waals surface area contributed by atoms with Gasteiger partial charge in [0.05, 0.1) is 0 Å². The number of hydrogen-bond donors (Lipinski definition) is 4. The van der Waals surface area contributed by atoms with E-state index in [0.717, 1.165) is 29.1 Å². The summed E-state index contributed by atoms with van der Waals surface area (Å²) in [7, 11) is 0. The van der Waals surface area contributed by atoms with Gasteiger partial charge in [0.1, 0.15) is 39.4 Å². The first-order valence-corrected chi connectivity index (χ1v) is 25.0. The quantitative estimate of drug-likeness (QED) is 0.0419. The minimum absolute atomic E-state index is 0.0170. The summed E-state index contributed by atoms with van der Waals surface area (Å²) in [5.41, 5.74) is -4.66. The maximum absolute atomic E-state index is 14.1. The highest BCUT2D eigenvalue weighted by Gasteiger charge is 2.35. The zero-order valence-electron chi connectivity index (χ0n) is 45.7. The molecule has 1 aromatic rings. The molecule has 0 fully saturated rings. The Kier molecular flexibility index (Phi) is 24.9. The predicted octanol–water partition coefficient (Wildman–Crippen LogP) is 11.5. The lowest BCUT2D eigenvalue weighted by atomic mass is 10.1. The molecular formula is C50H84N8O12S. The van der Waals surface area contributed by atoms with Gasteiger partial charge in [-0.25, -0.2) is 38.6 Å². The molecule has 0 heterocycles. The molecule has 0 radical (unpaired) electrons. The van der Waals surface area contributed by atoms with Gasteiger partial charge in [0.25, 0.3) is 0 Å². The standard InChI is InChI=1S/C50H84N8O12S/c1-45(2,3)65-39(59)53-36(51)34-26-28-35(29-27-34)71-33-25-32-58(44(64)70-50(16,17)18)38(56-42(62)68-48(10,11)12)57(43(63)69-49(13,14)15)31-24-22-20-19-21-23-30-52-37(54-40(60)66-46(4,5)6)55-41(61)67-47(7,8)9/h26-29H,19-25,30-33H2,1-18H3,(H2,51,53,59)(H2,52,54,55,60,61)/b56-38-. The summed E-state index contributed by atoms with van der Waals surface area (Å²) in [6.45, 7) is 31.1. The fourth-order valence-electron chi connectivity index (χ4n) is 5.62. The molecule has 0 bridgehead atoms. The van der Waals surface area contributed by atoms with Crippen LogP contribution in [0.1, 0.15) is 175 Å². The zero-order chi connectivity index (χ0) is 54.6. The van der Waals surface area contributed by atoms with Crippen LogP contribution in [0.25, 0.3) is 0 Å². The summed E-state index contributed by atoms with van der Waals surface area (Å²) in [5, 5.41) is 16.2. The van der Waals surface area contributed by atoms with Gasteiger partial charge >= 0.3 is 36.6 Å². The summed E-state index contributed by atoms with van der Waals surface area (Å²) in [4.78, 5) is 90.2. The molecule has 0 aliphatic heterocycles. The number of benzene rings is 1. The van der Waals surface area contributed by atoms with Crippen molar-refractivity contribution in [3.05, 3.63) is 29.8 Å². The number of carbonyl (C=O) groups excluding carboxylic acids is 6. The Morgan fingerprint density at radius 1 is 0.507 bits per heavy atom. The average molecular weight is 1020 g/mol. The zero-order valence-corrected chi connectivity index (χ0v) is 46.5. The lowest BCUT2D eigenvalue weighted by Crippen LogP contribution is -2.53. The Labute approximate surface area is 426 Å². The van der Waals surface area contributed by atoms with Crippen molar-refractivity contribution in [1.29, 1.82) is 5.41 Å². The topological polar surface area (TPSA) is 249 Å². The summed E-state index contributed by atoms with van der Waals surface area (Å²) in [6.07, 6.45) is -0.658. The molecule has 20 nitrogen and oxygen atoms in total. The highest BCUT2D eigenvalue weighted by Crippen LogP contribution is 2.23. The van der Waals surface area contributed by atoms with Crippen LogP contribution < -0.4 is 16.0 Å². The first kappa shape index (κ1) is 63.4. The third kappa shape index (κ3) is 31.4. The number of amides is 6. The second-order valence-corrected chi connectivity index (χ2v) is 23.7. The Morgan fingerprint density at radius 3 is 1.35 bits per heavy atom. The second kappa shape index (κ2) is 27.9. The van der Waals surface area contributed by atoms with Crippen molar-refractivity contribution < 1.29 is 57.2 Å². The number of guanidine groups is 2. The van der Waals surface area contributed by atoms with Crippen LogP contribution in [0.3, 0.4) is 0 Å². The molecule has 402 valence electrons. The van der Waals surface area contributed by atoms with Gasteiger partial charge in [0.15, 0.2) is 0 Å². The van der Waals surface area contributed by atoms with Gasteiger partial charge in [0.2, 0.25) is 11.9 Å². The summed E-state index contributed by atoms with van der Waals surface area (Å²) < 4.78 is 33.1. The van der Waals surface area contributed by atoms with Crippen molar-refractivity contribution in [2.45, 2.75) is 208 Å². The van der Waals surface area contributed by atoms with E-state index in [1.807, 2.05) is 0 Å². The molecule has 6 amide bonds. The van der Waals surface area contributed by atoms with E-state index in [9.17, 15) is 28.8 Å². The predicted molar refractivity (Wildman–Crippen MR) is 276 cm³/mol. The first-order valence-electron chi connectivity index (χ1n) is 24.0. The van der Waals surface area contributed by atoms with Crippen LogP contribution in [0, 0.1) is 5.41 Å². The fourth-order valence-corrected chi connectivity index (χ4v) is 6.46. The lowest BCUT2D eigenvalue weighted by molar-refractivity contribution is 0.0271. The molecule has 0 aliphatic rings. The van der Waals surface area contributed by atoms with E-state index in [-0.39, 0.29) is 30.8 Å². The van der Waals surface area contributed by atoms with Crippen LogP contribution in [0.2, 0.25) is 0 Å². The van der Waals surface area contributed by atoms with Crippen molar-refractivity contribution in [1.82, 2.24) is 25.8 Å². The highest BCUT2D eigenvalue weighted by molar-refractivity contribution is 7.99. The maximum Gasteiger partial charge on any atom is 0.437 e. The average Bonchev–Trinajstić information content (AvgIpc) is 3.13. The van der Waals surface area contributed by atoms with Crippen molar-refractivity contribution in [3.8, 4) is 0 Å². The van der Waals surface area contributed by atoms with Gasteiger partial charge < -0.3 is 33.7 Å².